The molecular formula is C18H16F4N4O4. The number of alkyl halides is 4. The van der Waals surface area contributed by atoms with Gasteiger partial charge in [-0.25, -0.2) is 9.97 Å². The number of amides is 2. The van der Waals surface area contributed by atoms with Crippen molar-refractivity contribution in [2.75, 3.05) is 10.6 Å². The fourth-order valence-electron chi connectivity index (χ4n) is 2.82. The maximum absolute atomic E-state index is 12.7. The highest BCUT2D eigenvalue weighted by atomic mass is 19.3. The minimum Gasteiger partial charge on any atom is -0.417 e. The first-order valence-electron chi connectivity index (χ1n) is 8.73. The molecule has 0 aliphatic heterocycles. The van der Waals surface area contributed by atoms with E-state index in [1.807, 2.05) is 0 Å². The summed E-state index contributed by atoms with van der Waals surface area (Å²) in [4.78, 5) is 32.7. The topological polar surface area (TPSA) is 102 Å². The Morgan fingerprint density at radius 1 is 0.833 bits per heavy atom. The Morgan fingerprint density at radius 3 is 1.53 bits per heavy atom. The number of rotatable bonds is 8. The van der Waals surface area contributed by atoms with Crippen LogP contribution < -0.4 is 20.1 Å². The lowest BCUT2D eigenvalue weighted by atomic mass is 9.67. The van der Waals surface area contributed by atoms with Gasteiger partial charge in [0.05, 0.1) is 23.8 Å². The normalized spacial score (nSPS) is 14.7. The number of carbonyl (C=O) groups excluding carboxylic acids is 2. The molecule has 8 nitrogen and oxygen atoms in total. The van der Waals surface area contributed by atoms with Crippen molar-refractivity contribution in [3.8, 4) is 11.8 Å². The molecule has 1 fully saturated rings. The Morgan fingerprint density at radius 2 is 1.27 bits per heavy atom. The average molecular weight is 428 g/mol. The monoisotopic (exact) mass is 428 g/mol. The molecule has 0 spiro atoms. The van der Waals surface area contributed by atoms with E-state index in [-0.39, 0.29) is 23.1 Å². The van der Waals surface area contributed by atoms with Crippen molar-refractivity contribution in [2.24, 2.45) is 5.41 Å². The number of ether oxygens (including phenoxy) is 2. The maximum atomic E-state index is 12.7. The van der Waals surface area contributed by atoms with Gasteiger partial charge in [0.2, 0.25) is 23.6 Å². The summed E-state index contributed by atoms with van der Waals surface area (Å²) in [6.45, 7) is -6.05. The van der Waals surface area contributed by atoms with Crippen LogP contribution in [0.3, 0.4) is 0 Å². The summed E-state index contributed by atoms with van der Waals surface area (Å²) < 4.78 is 56.9. The first kappa shape index (κ1) is 21.3. The van der Waals surface area contributed by atoms with Crippen LogP contribution in [0.1, 0.15) is 19.3 Å². The van der Waals surface area contributed by atoms with Gasteiger partial charge in [-0.3, -0.25) is 9.59 Å². The van der Waals surface area contributed by atoms with E-state index in [4.69, 9.17) is 0 Å². The molecule has 2 amide bonds. The van der Waals surface area contributed by atoms with E-state index in [0.717, 1.165) is 24.5 Å². The molecule has 0 atom stereocenters. The van der Waals surface area contributed by atoms with Crippen molar-refractivity contribution in [3.05, 3.63) is 36.7 Å². The third-order valence-corrected chi connectivity index (χ3v) is 4.48. The second-order valence-electron chi connectivity index (χ2n) is 6.37. The number of anilines is 2. The van der Waals surface area contributed by atoms with E-state index in [1.165, 1.54) is 12.1 Å². The third kappa shape index (κ3) is 4.93. The molecular weight excluding hydrogens is 412 g/mol. The Hall–Kier alpha value is -3.44. The summed E-state index contributed by atoms with van der Waals surface area (Å²) in [6.07, 6.45) is 3.51. The highest BCUT2D eigenvalue weighted by molar-refractivity contribution is 6.15. The van der Waals surface area contributed by atoms with Crippen molar-refractivity contribution in [1.82, 2.24) is 9.97 Å². The molecule has 30 heavy (non-hydrogen) atoms. The molecule has 2 N–H and O–H groups in total. The second-order valence-corrected chi connectivity index (χ2v) is 6.37. The van der Waals surface area contributed by atoms with Gasteiger partial charge in [0.15, 0.2) is 0 Å². The third-order valence-electron chi connectivity index (χ3n) is 4.48. The van der Waals surface area contributed by atoms with Crippen LogP contribution in [0.4, 0.5) is 28.9 Å². The van der Waals surface area contributed by atoms with Crippen molar-refractivity contribution in [2.45, 2.75) is 32.5 Å². The maximum Gasteiger partial charge on any atom is 0.388 e. The Balaban J connectivity index is 1.64. The van der Waals surface area contributed by atoms with Crippen LogP contribution in [0.5, 0.6) is 11.8 Å². The van der Waals surface area contributed by atoms with Gasteiger partial charge >= 0.3 is 13.2 Å². The number of pyridine rings is 2. The SMILES string of the molecule is O=C(Nc1ccc(OC(F)F)nc1)C1(C(=O)Nc2ccc(OC(F)F)nc2)CCC1. The molecule has 160 valence electrons. The van der Waals surface area contributed by atoms with E-state index in [2.05, 4.69) is 30.1 Å². The van der Waals surface area contributed by atoms with E-state index >= 15 is 0 Å². The van der Waals surface area contributed by atoms with Crippen LogP contribution in [-0.2, 0) is 9.59 Å². The fraction of sp³-hybridized carbons (Fsp3) is 0.333. The molecule has 0 radical (unpaired) electrons. The first-order chi connectivity index (χ1) is 14.3. The molecule has 0 aromatic carbocycles. The number of nitrogens with zero attached hydrogens (tertiary/aromatic N) is 2. The van der Waals surface area contributed by atoms with E-state index in [9.17, 15) is 27.2 Å². The molecule has 3 rings (SSSR count). The quantitative estimate of drug-likeness (QED) is 0.493. The van der Waals surface area contributed by atoms with Gasteiger partial charge in [0, 0.05) is 12.1 Å². The number of carbonyl (C=O) groups is 2. The lowest BCUT2D eigenvalue weighted by Crippen LogP contribution is -2.50. The van der Waals surface area contributed by atoms with Crippen molar-refractivity contribution in [3.63, 3.8) is 0 Å². The number of halogens is 4. The molecule has 1 aliphatic rings. The van der Waals surface area contributed by atoms with Crippen LogP contribution in [-0.4, -0.2) is 35.0 Å². The van der Waals surface area contributed by atoms with Gasteiger partial charge in [-0.15, -0.1) is 0 Å². The molecule has 2 aromatic heterocycles. The van der Waals surface area contributed by atoms with E-state index < -0.39 is 30.5 Å². The zero-order chi connectivity index (χ0) is 21.7. The minimum atomic E-state index is -3.02. The average Bonchev–Trinajstić information content (AvgIpc) is 2.63. The van der Waals surface area contributed by atoms with E-state index in [1.54, 1.807) is 0 Å². The number of nitrogens with one attached hydrogen (secondary N) is 2. The highest BCUT2D eigenvalue weighted by Gasteiger charge is 2.50. The Kier molecular flexibility index (Phi) is 6.33. The molecule has 1 saturated carbocycles. The Bertz CT molecular complexity index is 821. The summed E-state index contributed by atoms with van der Waals surface area (Å²) in [5.74, 6) is -1.79. The smallest absolute Gasteiger partial charge is 0.388 e. The number of hydrogen-bond acceptors (Lipinski definition) is 6. The van der Waals surface area contributed by atoms with Crippen LogP contribution >= 0.6 is 0 Å². The van der Waals surface area contributed by atoms with Crippen molar-refractivity contribution >= 4 is 23.2 Å². The van der Waals surface area contributed by atoms with Crippen molar-refractivity contribution in [1.29, 1.82) is 0 Å². The lowest BCUT2D eigenvalue weighted by Gasteiger charge is -2.38. The van der Waals surface area contributed by atoms with Gasteiger partial charge < -0.3 is 20.1 Å². The zero-order valence-corrected chi connectivity index (χ0v) is 15.3. The minimum absolute atomic E-state index is 0.204. The molecule has 0 unspecified atom stereocenters. The molecule has 2 aromatic rings. The molecule has 1 aliphatic carbocycles. The number of hydrogen-bond donors (Lipinski definition) is 2. The standard InChI is InChI=1S/C18H16F4N4O4/c19-16(20)29-12-4-2-10(8-23-12)25-14(27)18(6-1-7-18)15(28)26-11-3-5-13(24-9-11)30-17(21)22/h2-5,8-9,16-17H,1,6-7H2,(H,25,27)(H,26,28). The molecule has 0 bridgehead atoms. The Labute approximate surface area is 167 Å². The van der Waals surface area contributed by atoms with Gasteiger partial charge in [-0.2, -0.15) is 17.6 Å². The molecule has 12 heteroatoms. The van der Waals surface area contributed by atoms with Crippen molar-refractivity contribution < 1.29 is 36.6 Å². The van der Waals surface area contributed by atoms with Crippen LogP contribution in [0.2, 0.25) is 0 Å². The van der Waals surface area contributed by atoms with Gasteiger partial charge in [-0.1, -0.05) is 6.42 Å². The van der Waals surface area contributed by atoms with Gasteiger partial charge in [0.1, 0.15) is 5.41 Å². The predicted molar refractivity (Wildman–Crippen MR) is 95.3 cm³/mol. The fourth-order valence-corrected chi connectivity index (χ4v) is 2.82. The van der Waals surface area contributed by atoms with Crippen LogP contribution in [0.25, 0.3) is 0 Å². The highest BCUT2D eigenvalue weighted by Crippen LogP contribution is 2.43. The lowest BCUT2D eigenvalue weighted by molar-refractivity contribution is -0.142. The first-order valence-corrected chi connectivity index (χ1v) is 8.73. The molecule has 0 saturated heterocycles. The summed E-state index contributed by atoms with van der Waals surface area (Å²) in [5.41, 5.74) is -0.928. The zero-order valence-electron chi connectivity index (χ0n) is 15.3. The number of aromatic nitrogens is 2. The predicted octanol–water partition coefficient (Wildman–Crippen LogP) is 3.43. The largest absolute Gasteiger partial charge is 0.417 e. The molecule has 2 heterocycles. The van der Waals surface area contributed by atoms with Crippen LogP contribution in [0.15, 0.2) is 36.7 Å². The summed E-state index contributed by atoms with van der Waals surface area (Å²) >= 11 is 0. The summed E-state index contributed by atoms with van der Waals surface area (Å²) in [5, 5.41) is 5.08. The summed E-state index contributed by atoms with van der Waals surface area (Å²) in [7, 11) is 0. The van der Waals surface area contributed by atoms with Gasteiger partial charge in [0.25, 0.3) is 0 Å². The van der Waals surface area contributed by atoms with E-state index in [0.29, 0.717) is 19.3 Å². The summed E-state index contributed by atoms with van der Waals surface area (Å²) in [6, 6.07) is 4.95. The van der Waals surface area contributed by atoms with Gasteiger partial charge in [-0.05, 0) is 25.0 Å². The van der Waals surface area contributed by atoms with Crippen LogP contribution in [0, 0.1) is 5.41 Å². The second kappa shape index (κ2) is 8.93.